The summed E-state index contributed by atoms with van der Waals surface area (Å²) in [5.41, 5.74) is 9.07. The monoisotopic (exact) mass is 361 g/mol. The Hall–Kier alpha value is -3.44. The number of nitrogens with two attached hydrogens (primary N) is 1. The number of nitrogens with one attached hydrogen (secondary N) is 2. The molecule has 0 aliphatic carbocycles. The Kier molecular flexibility index (Phi) is 4.44. The van der Waals surface area contributed by atoms with Crippen molar-refractivity contribution in [1.82, 2.24) is 20.3 Å². The first-order chi connectivity index (χ1) is 13.2. The average Bonchev–Trinajstić information content (AvgIpc) is 3.33. The first kappa shape index (κ1) is 17.0. The molecular weight excluding hydrogens is 342 g/mol. The molecule has 8 heteroatoms. The molecule has 0 amide bonds. The van der Waals surface area contributed by atoms with Crippen LogP contribution in [0, 0.1) is 11.3 Å². The van der Waals surface area contributed by atoms with Crippen LogP contribution in [0.5, 0.6) is 5.75 Å². The van der Waals surface area contributed by atoms with E-state index in [-0.39, 0.29) is 11.8 Å². The van der Waals surface area contributed by atoms with Gasteiger partial charge in [0.05, 0.1) is 17.1 Å². The second-order valence-corrected chi connectivity index (χ2v) is 6.32. The predicted octanol–water partition coefficient (Wildman–Crippen LogP) is 1.72. The van der Waals surface area contributed by atoms with Gasteiger partial charge in [0, 0.05) is 48.7 Å². The summed E-state index contributed by atoms with van der Waals surface area (Å²) in [5, 5.41) is 14.5. The quantitative estimate of drug-likeness (QED) is 0.608. The highest BCUT2D eigenvalue weighted by atomic mass is 16.5. The molecule has 1 fully saturated rings. The van der Waals surface area contributed by atoms with Gasteiger partial charge in [0.15, 0.2) is 11.4 Å². The fraction of sp³-hybridized carbons (Fsp3) is 0.263. The first-order valence-electron chi connectivity index (χ1n) is 8.67. The van der Waals surface area contributed by atoms with Crippen LogP contribution in [0.15, 0.2) is 29.7 Å². The minimum absolute atomic E-state index is 0.0114. The molecule has 0 bridgehead atoms. The summed E-state index contributed by atoms with van der Waals surface area (Å²) in [7, 11) is 1.69. The first-order valence-corrected chi connectivity index (χ1v) is 8.67. The lowest BCUT2D eigenvalue weighted by atomic mass is 10.1. The molecule has 1 aliphatic heterocycles. The van der Waals surface area contributed by atoms with Gasteiger partial charge in [-0.25, -0.2) is 9.97 Å². The Morgan fingerprint density at radius 3 is 3.04 bits per heavy atom. The number of nitriles is 1. The number of fused-ring (bicyclic) bond motifs is 3. The number of aromatic nitrogens is 3. The Morgan fingerprint density at radius 1 is 1.44 bits per heavy atom. The standard InChI is InChI=1S/C19H19N7O/c1-22-7-12(5-20)11-4-14-17-16(26-19(14)25-8-11)10-24-15(6-21)18(17)27-13-2-3-23-9-13/h4-5,7-8,10,13,23H,2-3,9,20H2,1H3,(H,25,26). The fourth-order valence-electron chi connectivity index (χ4n) is 3.34. The van der Waals surface area contributed by atoms with Gasteiger partial charge >= 0.3 is 0 Å². The highest BCUT2D eigenvalue weighted by Gasteiger charge is 2.22. The van der Waals surface area contributed by atoms with Gasteiger partial charge < -0.3 is 20.8 Å². The summed E-state index contributed by atoms with van der Waals surface area (Å²) in [6, 6.07) is 4.12. The van der Waals surface area contributed by atoms with Gasteiger partial charge in [0.2, 0.25) is 0 Å². The smallest absolute Gasteiger partial charge is 0.183 e. The topological polar surface area (TPSA) is 125 Å². The van der Waals surface area contributed by atoms with Gasteiger partial charge in [-0.15, -0.1) is 0 Å². The summed E-state index contributed by atoms with van der Waals surface area (Å²) in [5.74, 6) is 0.497. The van der Waals surface area contributed by atoms with Crippen molar-refractivity contribution >= 4 is 33.7 Å². The van der Waals surface area contributed by atoms with Crippen molar-refractivity contribution in [1.29, 1.82) is 5.26 Å². The van der Waals surface area contributed by atoms with Gasteiger partial charge in [-0.1, -0.05) is 0 Å². The van der Waals surface area contributed by atoms with Gasteiger partial charge in [-0.05, 0) is 19.0 Å². The summed E-state index contributed by atoms with van der Waals surface area (Å²) < 4.78 is 6.19. The van der Waals surface area contributed by atoms with Gasteiger partial charge in [0.1, 0.15) is 17.8 Å². The molecule has 1 aliphatic rings. The summed E-state index contributed by atoms with van der Waals surface area (Å²) in [6.07, 6.45) is 7.45. The zero-order chi connectivity index (χ0) is 18.8. The van der Waals surface area contributed by atoms with E-state index >= 15 is 0 Å². The fourth-order valence-corrected chi connectivity index (χ4v) is 3.34. The molecule has 27 heavy (non-hydrogen) atoms. The summed E-state index contributed by atoms with van der Waals surface area (Å²) in [4.78, 5) is 16.0. The molecule has 3 aromatic heterocycles. The van der Waals surface area contributed by atoms with E-state index in [1.807, 2.05) is 6.07 Å². The maximum atomic E-state index is 9.54. The number of nitrogens with zero attached hydrogens (tertiary/aromatic N) is 4. The number of H-pyrrole nitrogens is 1. The zero-order valence-electron chi connectivity index (χ0n) is 14.9. The number of hydrogen-bond acceptors (Lipinski definition) is 7. The van der Waals surface area contributed by atoms with Crippen LogP contribution in [0.3, 0.4) is 0 Å². The zero-order valence-corrected chi connectivity index (χ0v) is 14.9. The van der Waals surface area contributed by atoms with Crippen LogP contribution < -0.4 is 15.8 Å². The number of hydrogen-bond donors (Lipinski definition) is 3. The predicted molar refractivity (Wildman–Crippen MR) is 105 cm³/mol. The van der Waals surface area contributed by atoms with Gasteiger partial charge in [-0.2, -0.15) is 5.26 Å². The maximum absolute atomic E-state index is 9.54. The Labute approximate surface area is 155 Å². The van der Waals surface area contributed by atoms with Crippen molar-refractivity contribution in [3.63, 3.8) is 0 Å². The molecule has 0 aromatic carbocycles. The number of pyridine rings is 2. The van der Waals surface area contributed by atoms with Crippen LogP contribution in [0.4, 0.5) is 0 Å². The van der Waals surface area contributed by atoms with Crippen molar-refractivity contribution in [3.05, 3.63) is 35.9 Å². The lowest BCUT2D eigenvalue weighted by molar-refractivity contribution is 0.224. The molecule has 4 rings (SSSR count). The third-order valence-electron chi connectivity index (χ3n) is 4.63. The lowest BCUT2D eigenvalue weighted by Crippen LogP contribution is -2.20. The van der Waals surface area contributed by atoms with E-state index in [1.54, 1.807) is 25.7 Å². The number of rotatable bonds is 4. The van der Waals surface area contributed by atoms with Gasteiger partial charge in [0.25, 0.3) is 0 Å². The maximum Gasteiger partial charge on any atom is 0.183 e. The highest BCUT2D eigenvalue weighted by Crippen LogP contribution is 2.36. The number of allylic oxidation sites excluding steroid dienone is 1. The largest absolute Gasteiger partial charge is 0.485 e. The van der Waals surface area contributed by atoms with E-state index in [2.05, 4.69) is 31.3 Å². The molecule has 1 saturated heterocycles. The van der Waals surface area contributed by atoms with Crippen LogP contribution in [0.25, 0.3) is 27.5 Å². The third kappa shape index (κ3) is 2.98. The van der Waals surface area contributed by atoms with Crippen LogP contribution in [0.2, 0.25) is 0 Å². The minimum Gasteiger partial charge on any atom is -0.485 e. The molecular formula is C19H19N7O. The third-order valence-corrected chi connectivity index (χ3v) is 4.63. The van der Waals surface area contributed by atoms with E-state index in [1.165, 1.54) is 6.20 Å². The van der Waals surface area contributed by atoms with Crippen molar-refractivity contribution in [2.75, 3.05) is 20.1 Å². The Balaban J connectivity index is 1.94. The molecule has 1 unspecified atom stereocenters. The van der Waals surface area contributed by atoms with Crippen LogP contribution in [0.1, 0.15) is 17.7 Å². The lowest BCUT2D eigenvalue weighted by Gasteiger charge is -2.14. The summed E-state index contributed by atoms with van der Waals surface area (Å²) >= 11 is 0. The molecule has 136 valence electrons. The Morgan fingerprint density at radius 2 is 2.33 bits per heavy atom. The van der Waals surface area contributed by atoms with Crippen molar-refractivity contribution in [2.24, 2.45) is 10.7 Å². The van der Waals surface area contributed by atoms with E-state index in [0.717, 1.165) is 46.9 Å². The number of aromatic amines is 1. The van der Waals surface area contributed by atoms with Crippen LogP contribution in [-0.4, -0.2) is 47.4 Å². The van der Waals surface area contributed by atoms with Crippen molar-refractivity contribution in [2.45, 2.75) is 12.5 Å². The van der Waals surface area contributed by atoms with Crippen molar-refractivity contribution < 1.29 is 4.74 Å². The second-order valence-electron chi connectivity index (χ2n) is 6.32. The van der Waals surface area contributed by atoms with E-state index < -0.39 is 0 Å². The second kappa shape index (κ2) is 7.05. The average molecular weight is 361 g/mol. The van der Waals surface area contributed by atoms with Crippen molar-refractivity contribution in [3.8, 4) is 11.8 Å². The molecule has 4 heterocycles. The van der Waals surface area contributed by atoms with Crippen LogP contribution >= 0.6 is 0 Å². The number of ether oxygens (including phenoxy) is 1. The molecule has 3 aromatic rings. The van der Waals surface area contributed by atoms with E-state index in [0.29, 0.717) is 11.4 Å². The van der Waals surface area contributed by atoms with E-state index in [9.17, 15) is 5.26 Å². The highest BCUT2D eigenvalue weighted by molar-refractivity contribution is 6.14. The molecule has 0 spiro atoms. The van der Waals surface area contributed by atoms with Crippen LogP contribution in [-0.2, 0) is 0 Å². The molecule has 8 nitrogen and oxygen atoms in total. The minimum atomic E-state index is 0.0114. The van der Waals surface area contributed by atoms with E-state index in [4.69, 9.17) is 10.5 Å². The molecule has 4 N–H and O–H groups in total. The molecule has 0 radical (unpaired) electrons. The Bertz CT molecular complexity index is 1100. The molecule has 0 saturated carbocycles. The number of aliphatic imine (C=N–C) groups is 1. The molecule has 1 atom stereocenters. The normalized spacial score (nSPS) is 17.8. The van der Waals surface area contributed by atoms with Gasteiger partial charge in [-0.3, -0.25) is 4.99 Å². The summed E-state index contributed by atoms with van der Waals surface area (Å²) in [6.45, 7) is 1.65. The SMILES string of the molecule is CN=CC(=CN)c1cnc2[nH]c3cnc(C#N)c(OC4CCNC4)c3c2c1.